The molecule has 1 nitrogen and oxygen atoms in total. The summed E-state index contributed by atoms with van der Waals surface area (Å²) in [6.07, 6.45) is 9.16. The van der Waals surface area contributed by atoms with Crippen molar-refractivity contribution in [2.75, 3.05) is 0 Å². The first-order valence-corrected chi connectivity index (χ1v) is 10.7. The van der Waals surface area contributed by atoms with Gasteiger partial charge < -0.3 is 4.57 Å². The van der Waals surface area contributed by atoms with Crippen LogP contribution in [0.2, 0.25) is 0 Å². The van der Waals surface area contributed by atoms with E-state index >= 15 is 0 Å². The highest BCUT2D eigenvalue weighted by Gasteiger charge is 2.14. The highest BCUT2D eigenvalue weighted by Crippen LogP contribution is 2.32. The fourth-order valence-corrected chi connectivity index (χ4v) is 2.79. The normalized spacial score (nSPS) is 8.85. The van der Waals surface area contributed by atoms with Crippen molar-refractivity contribution in [3.63, 3.8) is 0 Å². The minimum atomic E-state index is 1.04. The van der Waals surface area contributed by atoms with Gasteiger partial charge in [-0.25, -0.2) is 0 Å². The minimum Gasteiger partial charge on any atom is -0.343 e. The van der Waals surface area contributed by atoms with Gasteiger partial charge in [0.25, 0.3) is 0 Å². The zero-order chi connectivity index (χ0) is 22.0. The van der Waals surface area contributed by atoms with Crippen LogP contribution in [-0.4, -0.2) is 4.57 Å². The molecule has 2 aromatic rings. The van der Waals surface area contributed by atoms with E-state index in [2.05, 4.69) is 62.9 Å². The van der Waals surface area contributed by atoms with Gasteiger partial charge in [-0.05, 0) is 25.0 Å². The van der Waals surface area contributed by atoms with Crippen molar-refractivity contribution in [2.45, 2.75) is 75.7 Å². The van der Waals surface area contributed by atoms with Gasteiger partial charge in [0, 0.05) is 29.3 Å². The van der Waals surface area contributed by atoms with E-state index in [9.17, 15) is 0 Å². The molecule has 1 heteroatoms. The SMILES string of the molecule is C=Cc1c(C=C)n(C)c2c(/C=C\C)c(CC)ccc12.CC.CC.CC.CC. The summed E-state index contributed by atoms with van der Waals surface area (Å²) in [5.74, 6) is 0. The van der Waals surface area contributed by atoms with E-state index in [0.717, 1.165) is 12.1 Å². The molecule has 27 heavy (non-hydrogen) atoms. The van der Waals surface area contributed by atoms with Gasteiger partial charge in [-0.2, -0.15) is 0 Å². The molecular weight excluding hydrogens is 326 g/mol. The predicted molar refractivity (Wildman–Crippen MR) is 133 cm³/mol. The van der Waals surface area contributed by atoms with Crippen molar-refractivity contribution in [1.29, 1.82) is 0 Å². The van der Waals surface area contributed by atoms with E-state index in [-0.39, 0.29) is 0 Å². The third-order valence-electron chi connectivity index (χ3n) is 3.68. The molecule has 0 aliphatic rings. The Morgan fingerprint density at radius 3 is 1.74 bits per heavy atom. The summed E-state index contributed by atoms with van der Waals surface area (Å²) in [5.41, 5.74) is 6.24. The fourth-order valence-electron chi connectivity index (χ4n) is 2.79. The lowest BCUT2D eigenvalue weighted by Gasteiger charge is -2.08. The third kappa shape index (κ3) is 7.25. The van der Waals surface area contributed by atoms with Gasteiger partial charge in [-0.15, -0.1) is 0 Å². The Balaban J connectivity index is -0.000000638. The zero-order valence-corrected chi connectivity index (χ0v) is 20.0. The molecule has 0 N–H and O–H groups in total. The summed E-state index contributed by atoms with van der Waals surface area (Å²) in [4.78, 5) is 0. The molecule has 0 bridgehead atoms. The fraction of sp³-hybridized carbons (Fsp3) is 0.462. The van der Waals surface area contributed by atoms with Crippen LogP contribution in [0, 0.1) is 0 Å². The van der Waals surface area contributed by atoms with Crippen LogP contribution in [-0.2, 0) is 13.5 Å². The number of nitrogens with zero attached hydrogens (tertiary/aromatic N) is 1. The first-order valence-electron chi connectivity index (χ1n) is 10.7. The van der Waals surface area contributed by atoms with E-state index in [1.165, 1.54) is 27.6 Å². The van der Waals surface area contributed by atoms with Crippen LogP contribution < -0.4 is 0 Å². The molecule has 0 radical (unpaired) electrons. The average molecular weight is 372 g/mol. The number of aromatic nitrogens is 1. The monoisotopic (exact) mass is 371 g/mol. The van der Waals surface area contributed by atoms with E-state index < -0.39 is 0 Å². The molecule has 0 saturated heterocycles. The number of rotatable bonds is 4. The molecule has 0 aliphatic heterocycles. The highest BCUT2D eigenvalue weighted by molar-refractivity contribution is 5.98. The number of hydrogen-bond donors (Lipinski definition) is 0. The Hall–Kier alpha value is -2.02. The van der Waals surface area contributed by atoms with Crippen LogP contribution in [0.25, 0.3) is 29.1 Å². The second kappa shape index (κ2) is 18.8. The Bertz CT molecular complexity index is 669. The van der Waals surface area contributed by atoms with Gasteiger partial charge in [-0.1, -0.05) is 106 Å². The molecule has 0 amide bonds. The van der Waals surface area contributed by atoms with Crippen LogP contribution >= 0.6 is 0 Å². The number of aryl methyl sites for hydroxylation is 2. The summed E-state index contributed by atoms with van der Waals surface area (Å²) < 4.78 is 2.22. The van der Waals surface area contributed by atoms with E-state index in [1.807, 2.05) is 67.5 Å². The van der Waals surface area contributed by atoms with Crippen molar-refractivity contribution in [2.24, 2.45) is 7.05 Å². The van der Waals surface area contributed by atoms with Crippen LogP contribution in [0.15, 0.2) is 31.4 Å². The van der Waals surface area contributed by atoms with Crippen molar-refractivity contribution in [3.8, 4) is 0 Å². The van der Waals surface area contributed by atoms with E-state index in [1.54, 1.807) is 0 Å². The van der Waals surface area contributed by atoms with Crippen molar-refractivity contribution < 1.29 is 0 Å². The predicted octanol–water partition coefficient (Wildman–Crippen LogP) is 9.16. The molecule has 0 fully saturated rings. The maximum Gasteiger partial charge on any atom is 0.0564 e. The minimum absolute atomic E-state index is 1.04. The molecule has 0 unspecified atom stereocenters. The summed E-state index contributed by atoms with van der Waals surface area (Å²) in [6, 6.07) is 4.42. The summed E-state index contributed by atoms with van der Waals surface area (Å²) in [7, 11) is 2.10. The molecular formula is C26H45N. The van der Waals surface area contributed by atoms with Gasteiger partial charge in [0.15, 0.2) is 0 Å². The lowest BCUT2D eigenvalue weighted by molar-refractivity contribution is 0.949. The number of hydrogen-bond acceptors (Lipinski definition) is 0. The van der Waals surface area contributed by atoms with Gasteiger partial charge in [-0.3, -0.25) is 0 Å². The molecule has 0 aliphatic carbocycles. The van der Waals surface area contributed by atoms with E-state index in [0.29, 0.717) is 0 Å². The van der Waals surface area contributed by atoms with Crippen LogP contribution in [0.3, 0.4) is 0 Å². The molecule has 0 saturated carbocycles. The highest BCUT2D eigenvalue weighted by atomic mass is 14.9. The molecule has 0 spiro atoms. The van der Waals surface area contributed by atoms with Crippen molar-refractivity contribution >= 4 is 29.1 Å². The van der Waals surface area contributed by atoms with Crippen LogP contribution in [0.4, 0.5) is 0 Å². The quantitative estimate of drug-likeness (QED) is 0.504. The Labute approximate surface area is 170 Å². The maximum absolute atomic E-state index is 3.94. The smallest absolute Gasteiger partial charge is 0.0564 e. The average Bonchev–Trinajstić information content (AvgIpc) is 3.05. The zero-order valence-electron chi connectivity index (χ0n) is 20.0. The van der Waals surface area contributed by atoms with Crippen LogP contribution in [0.5, 0.6) is 0 Å². The third-order valence-corrected chi connectivity index (χ3v) is 3.68. The molecule has 1 aromatic heterocycles. The maximum atomic E-state index is 3.94. The van der Waals surface area contributed by atoms with Gasteiger partial charge in [0.2, 0.25) is 0 Å². The molecule has 2 rings (SSSR count). The second-order valence-corrected chi connectivity index (χ2v) is 4.65. The standard InChI is InChI=1S/C18H21N.4C2H6/c1-6-10-15-13(7-2)11-12-16-14(8-3)17(9-4)19(5)18(15)16;4*1-2/h6,8-12H,3-4,7H2,1-2,5H3;4*1-2H3/b10-6-;;;;. The number of allylic oxidation sites excluding steroid dienone is 1. The molecule has 154 valence electrons. The number of fused-ring (bicyclic) bond motifs is 1. The summed E-state index contributed by atoms with van der Waals surface area (Å²) >= 11 is 0. The number of benzene rings is 1. The molecule has 1 heterocycles. The van der Waals surface area contributed by atoms with Crippen molar-refractivity contribution in [3.05, 3.63) is 53.8 Å². The Kier molecular flexibility index (Phi) is 20.7. The summed E-state index contributed by atoms with van der Waals surface area (Å²) in [5, 5.41) is 1.25. The lowest BCUT2D eigenvalue weighted by Crippen LogP contribution is -1.95. The van der Waals surface area contributed by atoms with Gasteiger partial charge in [0.1, 0.15) is 0 Å². The second-order valence-electron chi connectivity index (χ2n) is 4.65. The van der Waals surface area contributed by atoms with Gasteiger partial charge >= 0.3 is 0 Å². The molecule has 0 atom stereocenters. The topological polar surface area (TPSA) is 4.93 Å². The summed E-state index contributed by atoms with van der Waals surface area (Å²) in [6.45, 7) is 28.1. The first kappa shape index (κ1) is 29.7. The van der Waals surface area contributed by atoms with E-state index in [4.69, 9.17) is 0 Å². The lowest BCUT2D eigenvalue weighted by atomic mass is 10.00. The first-order chi connectivity index (χ1) is 13.2. The van der Waals surface area contributed by atoms with Crippen molar-refractivity contribution in [1.82, 2.24) is 4.57 Å². The largest absolute Gasteiger partial charge is 0.343 e. The van der Waals surface area contributed by atoms with Crippen LogP contribution in [0.1, 0.15) is 91.6 Å². The van der Waals surface area contributed by atoms with Gasteiger partial charge in [0.05, 0.1) is 5.52 Å². The molecule has 1 aromatic carbocycles. The Morgan fingerprint density at radius 1 is 0.852 bits per heavy atom. The Morgan fingerprint density at radius 2 is 1.37 bits per heavy atom.